The maximum atomic E-state index is 12.0. The van der Waals surface area contributed by atoms with E-state index >= 15 is 0 Å². The first kappa shape index (κ1) is 15.9. The molecule has 0 aromatic carbocycles. The Morgan fingerprint density at radius 3 is 2.35 bits per heavy atom. The van der Waals surface area contributed by atoms with Crippen molar-refractivity contribution in [1.82, 2.24) is 4.90 Å². The molecule has 0 aliphatic rings. The van der Waals surface area contributed by atoms with Gasteiger partial charge >= 0.3 is 5.97 Å². The lowest BCUT2D eigenvalue weighted by Gasteiger charge is -2.26. The van der Waals surface area contributed by atoms with Gasteiger partial charge in [-0.15, -0.1) is 0 Å². The third-order valence-corrected chi connectivity index (χ3v) is 2.47. The number of carbonyl (C=O) groups is 2. The lowest BCUT2D eigenvalue weighted by atomic mass is 10.1. The van der Waals surface area contributed by atoms with Crippen LogP contribution in [0.5, 0.6) is 0 Å². The molecule has 0 heterocycles. The van der Waals surface area contributed by atoms with Gasteiger partial charge in [0.2, 0.25) is 5.91 Å². The second kappa shape index (κ2) is 8.06. The van der Waals surface area contributed by atoms with Crippen LogP contribution in [0.2, 0.25) is 0 Å². The molecule has 0 rings (SSSR count). The van der Waals surface area contributed by atoms with Crippen LogP contribution in [0.1, 0.15) is 33.6 Å². The predicted molar refractivity (Wildman–Crippen MR) is 66.3 cm³/mol. The molecule has 0 saturated carbocycles. The van der Waals surface area contributed by atoms with Crippen LogP contribution >= 0.6 is 0 Å². The van der Waals surface area contributed by atoms with E-state index in [1.165, 1.54) is 7.11 Å². The molecule has 1 amide bonds. The van der Waals surface area contributed by atoms with Gasteiger partial charge in [0.25, 0.3) is 0 Å². The molecular weight excluding hydrogens is 220 g/mol. The molecule has 100 valence electrons. The van der Waals surface area contributed by atoms with Gasteiger partial charge in [-0.25, -0.2) is 0 Å². The summed E-state index contributed by atoms with van der Waals surface area (Å²) < 4.78 is 4.56. The van der Waals surface area contributed by atoms with Crippen LogP contribution in [0.15, 0.2) is 0 Å². The number of rotatable bonds is 7. The van der Waals surface area contributed by atoms with Crippen molar-refractivity contribution in [2.24, 2.45) is 11.7 Å². The molecule has 0 spiro atoms. The first-order valence-electron chi connectivity index (χ1n) is 6.03. The predicted octanol–water partition coefficient (Wildman–Crippen LogP) is 0.771. The van der Waals surface area contributed by atoms with Crippen molar-refractivity contribution >= 4 is 11.9 Å². The number of ether oxygens (including phenoxy) is 1. The molecule has 1 atom stereocenters. The highest BCUT2D eigenvalue weighted by Crippen LogP contribution is 2.04. The van der Waals surface area contributed by atoms with Crippen LogP contribution < -0.4 is 5.73 Å². The maximum Gasteiger partial charge on any atom is 0.307 e. The van der Waals surface area contributed by atoms with Gasteiger partial charge in [0.15, 0.2) is 0 Å². The molecule has 0 bridgehead atoms. The Morgan fingerprint density at radius 1 is 1.35 bits per heavy atom. The molecule has 2 N–H and O–H groups in total. The van der Waals surface area contributed by atoms with Gasteiger partial charge in [-0.05, 0) is 12.3 Å². The number of nitrogens with two attached hydrogens (primary N) is 1. The molecule has 0 radical (unpaired) electrons. The molecule has 0 saturated heterocycles. The van der Waals surface area contributed by atoms with Crippen molar-refractivity contribution in [2.75, 3.05) is 20.2 Å². The molecule has 5 heteroatoms. The molecule has 0 aromatic rings. The summed E-state index contributed by atoms with van der Waals surface area (Å²) in [5, 5.41) is 0. The van der Waals surface area contributed by atoms with Crippen molar-refractivity contribution in [1.29, 1.82) is 0 Å². The Morgan fingerprint density at radius 2 is 1.94 bits per heavy atom. The van der Waals surface area contributed by atoms with E-state index in [2.05, 4.69) is 4.74 Å². The van der Waals surface area contributed by atoms with E-state index in [9.17, 15) is 9.59 Å². The highest BCUT2D eigenvalue weighted by Gasteiger charge is 2.21. The first-order valence-corrected chi connectivity index (χ1v) is 6.03. The number of esters is 1. The van der Waals surface area contributed by atoms with E-state index in [-0.39, 0.29) is 18.3 Å². The Balaban J connectivity index is 4.42. The van der Waals surface area contributed by atoms with Crippen molar-refractivity contribution < 1.29 is 14.3 Å². The number of hydrogen-bond acceptors (Lipinski definition) is 4. The van der Waals surface area contributed by atoms with E-state index in [0.717, 1.165) is 0 Å². The third kappa shape index (κ3) is 6.26. The molecule has 5 nitrogen and oxygen atoms in total. The van der Waals surface area contributed by atoms with Crippen LogP contribution in [0.25, 0.3) is 0 Å². The van der Waals surface area contributed by atoms with E-state index in [1.54, 1.807) is 4.90 Å². The zero-order valence-electron chi connectivity index (χ0n) is 11.2. The van der Waals surface area contributed by atoms with E-state index in [4.69, 9.17) is 5.73 Å². The van der Waals surface area contributed by atoms with Gasteiger partial charge in [-0.2, -0.15) is 0 Å². The topological polar surface area (TPSA) is 72.6 Å². The number of methoxy groups -OCH3 is 1. The summed E-state index contributed by atoms with van der Waals surface area (Å²) in [7, 11) is 1.34. The van der Waals surface area contributed by atoms with Crippen molar-refractivity contribution in [3.05, 3.63) is 0 Å². The smallest absolute Gasteiger partial charge is 0.307 e. The molecule has 0 aromatic heterocycles. The molecule has 17 heavy (non-hydrogen) atoms. The minimum Gasteiger partial charge on any atom is -0.469 e. The number of hydrogen-bond donors (Lipinski definition) is 1. The number of carbonyl (C=O) groups excluding carboxylic acids is 2. The highest BCUT2D eigenvalue weighted by atomic mass is 16.5. The summed E-state index contributed by atoms with van der Waals surface area (Å²) >= 11 is 0. The average Bonchev–Trinajstić information content (AvgIpc) is 2.31. The van der Waals surface area contributed by atoms with Crippen molar-refractivity contribution in [3.63, 3.8) is 0 Å². The summed E-state index contributed by atoms with van der Waals surface area (Å²) in [5.41, 5.74) is 5.72. The van der Waals surface area contributed by atoms with Crippen molar-refractivity contribution in [2.45, 2.75) is 39.7 Å². The van der Waals surface area contributed by atoms with Gasteiger partial charge < -0.3 is 15.4 Å². The lowest BCUT2D eigenvalue weighted by Crippen LogP contribution is -2.45. The van der Waals surface area contributed by atoms with E-state index < -0.39 is 6.04 Å². The van der Waals surface area contributed by atoms with Crippen LogP contribution in [0.3, 0.4) is 0 Å². The minimum atomic E-state index is -0.480. The van der Waals surface area contributed by atoms with Crippen LogP contribution in [0.4, 0.5) is 0 Å². The molecule has 0 unspecified atom stereocenters. The first-order chi connectivity index (χ1) is 7.92. The molecule has 0 aliphatic heterocycles. The van der Waals surface area contributed by atoms with Gasteiger partial charge in [0.05, 0.1) is 19.6 Å². The Kier molecular flexibility index (Phi) is 7.54. The largest absolute Gasteiger partial charge is 0.469 e. The lowest BCUT2D eigenvalue weighted by molar-refractivity contribution is -0.142. The second-order valence-corrected chi connectivity index (χ2v) is 4.52. The summed E-state index contributed by atoms with van der Waals surface area (Å²) in [4.78, 5) is 24.7. The zero-order valence-corrected chi connectivity index (χ0v) is 11.2. The minimum absolute atomic E-state index is 0.0925. The van der Waals surface area contributed by atoms with E-state index in [1.807, 2.05) is 20.8 Å². The van der Waals surface area contributed by atoms with E-state index in [0.29, 0.717) is 25.4 Å². The Labute approximate surface area is 103 Å². The fourth-order valence-corrected chi connectivity index (χ4v) is 1.47. The summed E-state index contributed by atoms with van der Waals surface area (Å²) in [6.07, 6.45) is 0.817. The van der Waals surface area contributed by atoms with Gasteiger partial charge in [0, 0.05) is 13.1 Å². The standard InChI is InChI=1S/C12H24N2O3/c1-5-10(13)12(16)14(8-9(2)3)7-6-11(15)17-4/h9-10H,5-8,13H2,1-4H3/t10-/m0/s1. The van der Waals surface area contributed by atoms with Gasteiger partial charge in [-0.3, -0.25) is 9.59 Å². The highest BCUT2D eigenvalue weighted by molar-refractivity contribution is 5.82. The Hall–Kier alpha value is -1.10. The van der Waals surface area contributed by atoms with Gasteiger partial charge in [-0.1, -0.05) is 20.8 Å². The normalized spacial score (nSPS) is 12.4. The molecule has 0 fully saturated rings. The zero-order chi connectivity index (χ0) is 13.4. The monoisotopic (exact) mass is 244 g/mol. The van der Waals surface area contributed by atoms with Gasteiger partial charge in [0.1, 0.15) is 0 Å². The number of amides is 1. The average molecular weight is 244 g/mol. The van der Waals surface area contributed by atoms with Crippen molar-refractivity contribution in [3.8, 4) is 0 Å². The Bertz CT molecular complexity index is 254. The summed E-state index contributed by atoms with van der Waals surface area (Å²) in [6.45, 7) is 6.91. The van der Waals surface area contributed by atoms with Crippen LogP contribution in [-0.4, -0.2) is 43.0 Å². The quantitative estimate of drug-likeness (QED) is 0.671. The third-order valence-electron chi connectivity index (χ3n) is 2.47. The second-order valence-electron chi connectivity index (χ2n) is 4.52. The fourth-order valence-electron chi connectivity index (χ4n) is 1.47. The summed E-state index contributed by atoms with van der Waals surface area (Å²) in [6, 6.07) is -0.480. The van der Waals surface area contributed by atoms with Crippen LogP contribution in [-0.2, 0) is 14.3 Å². The SMILES string of the molecule is CC[C@H](N)C(=O)N(CCC(=O)OC)CC(C)C. The fraction of sp³-hybridized carbons (Fsp3) is 0.833. The molecular formula is C12H24N2O3. The van der Waals surface area contributed by atoms with Crippen LogP contribution in [0, 0.1) is 5.92 Å². The molecule has 0 aliphatic carbocycles. The maximum absolute atomic E-state index is 12.0. The summed E-state index contributed by atoms with van der Waals surface area (Å²) in [5.74, 6) is -0.0533. The number of nitrogens with zero attached hydrogens (tertiary/aromatic N) is 1.